The van der Waals surface area contributed by atoms with E-state index in [2.05, 4.69) is 15.5 Å². The van der Waals surface area contributed by atoms with E-state index < -0.39 is 6.10 Å². The lowest BCUT2D eigenvalue weighted by atomic mass is 10.2. The van der Waals surface area contributed by atoms with Crippen LogP contribution in [0.5, 0.6) is 11.5 Å². The number of rotatable bonds is 2. The van der Waals surface area contributed by atoms with Crippen molar-refractivity contribution in [1.82, 2.24) is 14.6 Å². The zero-order valence-corrected chi connectivity index (χ0v) is 12.4. The van der Waals surface area contributed by atoms with Gasteiger partial charge in [-0.25, -0.2) is 0 Å². The lowest BCUT2D eigenvalue weighted by Gasteiger charge is -2.25. The van der Waals surface area contributed by atoms with Gasteiger partial charge in [0.1, 0.15) is 12.4 Å². The Labute approximate surface area is 131 Å². The van der Waals surface area contributed by atoms with Crippen molar-refractivity contribution in [2.45, 2.75) is 13.0 Å². The number of carbonyl (C=O) groups excluding carboxylic acids is 1. The highest BCUT2D eigenvalue weighted by atomic mass is 16.6. The van der Waals surface area contributed by atoms with E-state index in [0.717, 1.165) is 5.82 Å². The number of hydrogen-bond acceptors (Lipinski definition) is 5. The second kappa shape index (κ2) is 5.28. The minimum Gasteiger partial charge on any atom is -0.485 e. The van der Waals surface area contributed by atoms with Gasteiger partial charge in [-0.1, -0.05) is 12.1 Å². The highest BCUT2D eigenvalue weighted by Gasteiger charge is 2.27. The lowest BCUT2D eigenvalue weighted by Crippen LogP contribution is -2.40. The molecule has 0 spiro atoms. The number of amides is 1. The first-order chi connectivity index (χ1) is 11.2. The maximum Gasteiger partial charge on any atom is 0.269 e. The highest BCUT2D eigenvalue weighted by molar-refractivity contribution is 5.97. The van der Waals surface area contributed by atoms with Gasteiger partial charge in [0.15, 0.2) is 17.1 Å². The number of hydrogen-bond donors (Lipinski definition) is 1. The average molecular weight is 310 g/mol. The molecular weight excluding hydrogens is 296 g/mol. The fourth-order valence-corrected chi connectivity index (χ4v) is 2.49. The van der Waals surface area contributed by atoms with Crippen LogP contribution in [-0.4, -0.2) is 33.2 Å². The zero-order chi connectivity index (χ0) is 15.8. The molecule has 1 atom stereocenters. The molecular formula is C16H14N4O3. The van der Waals surface area contributed by atoms with Crippen molar-refractivity contribution >= 4 is 17.2 Å². The Bertz CT molecular complexity index is 890. The van der Waals surface area contributed by atoms with Crippen LogP contribution in [0.3, 0.4) is 0 Å². The fraction of sp³-hybridized carbons (Fsp3) is 0.188. The SMILES string of the molecule is Cc1nnc2c(NC(=O)C3COc4ccccc4O3)cccn12. The summed E-state index contributed by atoms with van der Waals surface area (Å²) in [4.78, 5) is 12.5. The number of anilines is 1. The molecule has 0 radical (unpaired) electrons. The Morgan fingerprint density at radius 1 is 1.22 bits per heavy atom. The second-order valence-electron chi connectivity index (χ2n) is 5.22. The number of carbonyl (C=O) groups is 1. The molecule has 3 aromatic rings. The summed E-state index contributed by atoms with van der Waals surface area (Å²) in [5.74, 6) is 1.68. The van der Waals surface area contributed by atoms with Crippen LogP contribution in [0.4, 0.5) is 5.69 Å². The predicted octanol–water partition coefficient (Wildman–Crippen LogP) is 1.82. The smallest absolute Gasteiger partial charge is 0.269 e. The Kier molecular flexibility index (Phi) is 3.11. The first-order valence-corrected chi connectivity index (χ1v) is 7.22. The molecule has 0 fully saturated rings. The first kappa shape index (κ1) is 13.6. The van der Waals surface area contributed by atoms with E-state index in [9.17, 15) is 4.79 Å². The monoisotopic (exact) mass is 310 g/mol. The summed E-state index contributed by atoms with van der Waals surface area (Å²) in [5, 5.41) is 10.9. The number of pyridine rings is 1. The van der Waals surface area contributed by atoms with Crippen LogP contribution < -0.4 is 14.8 Å². The van der Waals surface area contributed by atoms with Crippen molar-refractivity contribution in [3.8, 4) is 11.5 Å². The van der Waals surface area contributed by atoms with Gasteiger partial charge in [-0.05, 0) is 31.2 Å². The van der Waals surface area contributed by atoms with E-state index in [-0.39, 0.29) is 12.5 Å². The number of fused-ring (bicyclic) bond motifs is 2. The quantitative estimate of drug-likeness (QED) is 0.781. The van der Waals surface area contributed by atoms with Crippen molar-refractivity contribution in [3.05, 3.63) is 48.4 Å². The van der Waals surface area contributed by atoms with Crippen LogP contribution in [-0.2, 0) is 4.79 Å². The second-order valence-corrected chi connectivity index (χ2v) is 5.22. The van der Waals surface area contributed by atoms with Crippen LogP contribution in [0.25, 0.3) is 5.65 Å². The van der Waals surface area contributed by atoms with Gasteiger partial charge in [-0.3, -0.25) is 9.20 Å². The van der Waals surface area contributed by atoms with E-state index in [0.29, 0.717) is 22.8 Å². The minimum absolute atomic E-state index is 0.164. The van der Waals surface area contributed by atoms with E-state index >= 15 is 0 Å². The third-order valence-corrected chi connectivity index (χ3v) is 3.66. The minimum atomic E-state index is -0.714. The summed E-state index contributed by atoms with van der Waals surface area (Å²) < 4.78 is 13.1. The molecule has 0 bridgehead atoms. The molecule has 0 saturated carbocycles. The highest BCUT2D eigenvalue weighted by Crippen LogP contribution is 2.31. The topological polar surface area (TPSA) is 77.8 Å². The van der Waals surface area contributed by atoms with Gasteiger partial charge in [0.2, 0.25) is 6.10 Å². The van der Waals surface area contributed by atoms with Gasteiger partial charge in [-0.2, -0.15) is 0 Å². The number of aryl methyl sites for hydroxylation is 1. The average Bonchev–Trinajstić information content (AvgIpc) is 2.97. The summed E-state index contributed by atoms with van der Waals surface area (Å²) in [6.07, 6.45) is 1.13. The number of para-hydroxylation sites is 2. The zero-order valence-electron chi connectivity index (χ0n) is 12.4. The normalized spacial score (nSPS) is 16.3. The molecule has 23 heavy (non-hydrogen) atoms. The Morgan fingerprint density at radius 2 is 2.04 bits per heavy atom. The number of benzene rings is 1. The number of aromatic nitrogens is 3. The third kappa shape index (κ3) is 2.36. The van der Waals surface area contributed by atoms with E-state index in [1.165, 1.54) is 0 Å². The number of nitrogens with one attached hydrogen (secondary N) is 1. The van der Waals surface area contributed by atoms with Crippen LogP contribution in [0.15, 0.2) is 42.6 Å². The van der Waals surface area contributed by atoms with Gasteiger partial charge in [0.05, 0.1) is 5.69 Å². The Balaban J connectivity index is 1.56. The molecule has 1 aliphatic heterocycles. The molecule has 4 rings (SSSR count). The van der Waals surface area contributed by atoms with Crippen LogP contribution in [0.2, 0.25) is 0 Å². The van der Waals surface area contributed by atoms with Gasteiger partial charge in [0, 0.05) is 6.20 Å². The molecule has 1 aromatic carbocycles. The Hall–Kier alpha value is -3.09. The van der Waals surface area contributed by atoms with Crippen molar-refractivity contribution in [2.75, 3.05) is 11.9 Å². The largest absolute Gasteiger partial charge is 0.485 e. The molecule has 2 aromatic heterocycles. The molecule has 1 N–H and O–H groups in total. The van der Waals surface area contributed by atoms with Gasteiger partial charge in [0.25, 0.3) is 5.91 Å². The molecule has 0 saturated heterocycles. The van der Waals surface area contributed by atoms with E-state index in [4.69, 9.17) is 9.47 Å². The maximum absolute atomic E-state index is 12.5. The predicted molar refractivity (Wildman–Crippen MR) is 82.7 cm³/mol. The molecule has 1 amide bonds. The summed E-state index contributed by atoms with van der Waals surface area (Å²) in [5.41, 5.74) is 1.18. The lowest BCUT2D eigenvalue weighted by molar-refractivity contribution is -0.125. The summed E-state index contributed by atoms with van der Waals surface area (Å²) in [6, 6.07) is 10.9. The standard InChI is InChI=1S/C16H14N4O3/c1-10-18-19-15-11(5-4-8-20(10)15)17-16(21)14-9-22-12-6-2-3-7-13(12)23-14/h2-8,14H,9H2,1H3,(H,17,21). The molecule has 7 heteroatoms. The van der Waals surface area contributed by atoms with Crippen LogP contribution in [0, 0.1) is 6.92 Å². The molecule has 0 aliphatic carbocycles. The van der Waals surface area contributed by atoms with Gasteiger partial charge in [-0.15, -0.1) is 10.2 Å². The van der Waals surface area contributed by atoms with E-state index in [1.54, 1.807) is 12.1 Å². The van der Waals surface area contributed by atoms with Crippen LogP contribution >= 0.6 is 0 Å². The molecule has 3 heterocycles. The molecule has 116 valence electrons. The van der Waals surface area contributed by atoms with Crippen molar-refractivity contribution in [2.24, 2.45) is 0 Å². The van der Waals surface area contributed by atoms with Crippen LogP contribution in [0.1, 0.15) is 5.82 Å². The van der Waals surface area contributed by atoms with E-state index in [1.807, 2.05) is 41.8 Å². The molecule has 7 nitrogen and oxygen atoms in total. The van der Waals surface area contributed by atoms with Crippen molar-refractivity contribution < 1.29 is 14.3 Å². The molecule has 1 aliphatic rings. The third-order valence-electron chi connectivity index (χ3n) is 3.66. The van der Waals surface area contributed by atoms with Crippen molar-refractivity contribution in [1.29, 1.82) is 0 Å². The summed E-state index contributed by atoms with van der Waals surface area (Å²) >= 11 is 0. The number of ether oxygens (including phenoxy) is 2. The number of nitrogens with zero attached hydrogens (tertiary/aromatic N) is 3. The first-order valence-electron chi connectivity index (χ1n) is 7.22. The fourth-order valence-electron chi connectivity index (χ4n) is 2.49. The summed E-state index contributed by atoms with van der Waals surface area (Å²) in [7, 11) is 0. The van der Waals surface area contributed by atoms with Crippen molar-refractivity contribution in [3.63, 3.8) is 0 Å². The maximum atomic E-state index is 12.5. The Morgan fingerprint density at radius 3 is 2.91 bits per heavy atom. The summed E-state index contributed by atoms with van der Waals surface area (Å²) in [6.45, 7) is 2.01. The molecule has 1 unspecified atom stereocenters. The van der Waals surface area contributed by atoms with Gasteiger partial charge >= 0.3 is 0 Å². The van der Waals surface area contributed by atoms with Gasteiger partial charge < -0.3 is 14.8 Å².